The van der Waals surface area contributed by atoms with Crippen molar-refractivity contribution in [3.05, 3.63) is 66.2 Å². The van der Waals surface area contributed by atoms with E-state index in [4.69, 9.17) is 4.74 Å². The molecule has 0 amide bonds. The summed E-state index contributed by atoms with van der Waals surface area (Å²) in [6, 6.07) is 17.0. The number of carbonyl (C=O) groups excluding carboxylic acids is 1. The van der Waals surface area contributed by atoms with Crippen LogP contribution >= 0.6 is 0 Å². The summed E-state index contributed by atoms with van der Waals surface area (Å²) in [6.07, 6.45) is 7.29. The van der Waals surface area contributed by atoms with Gasteiger partial charge in [-0.3, -0.25) is 4.79 Å². The highest BCUT2D eigenvalue weighted by molar-refractivity contribution is 6.06. The third-order valence-corrected chi connectivity index (χ3v) is 5.79. The number of benzene rings is 3. The number of hydrogen-bond acceptors (Lipinski definition) is 2. The van der Waals surface area contributed by atoms with Gasteiger partial charge in [0.15, 0.2) is 0 Å². The van der Waals surface area contributed by atoms with Gasteiger partial charge in [0.05, 0.1) is 0 Å². The summed E-state index contributed by atoms with van der Waals surface area (Å²) in [4.78, 5) is 11.7. The first-order valence-electron chi connectivity index (χ1n) is 9.01. The lowest BCUT2D eigenvalue weighted by Crippen LogP contribution is -2.06. The first kappa shape index (κ1) is 14.7. The minimum atomic E-state index is -0.272. The van der Waals surface area contributed by atoms with Crippen LogP contribution in [0.2, 0.25) is 0 Å². The molecule has 1 fully saturated rings. The molecule has 3 unspecified atom stereocenters. The highest BCUT2D eigenvalue weighted by Crippen LogP contribution is 2.49. The summed E-state index contributed by atoms with van der Waals surface area (Å²) >= 11 is 0. The Morgan fingerprint density at radius 2 is 1.80 bits per heavy atom. The molecule has 2 aliphatic rings. The smallest absolute Gasteiger partial charge is 0.308 e. The Hall–Kier alpha value is -2.61. The molecule has 0 heterocycles. The van der Waals surface area contributed by atoms with Gasteiger partial charge in [0.1, 0.15) is 5.75 Å². The van der Waals surface area contributed by atoms with Gasteiger partial charge in [-0.05, 0) is 59.1 Å². The number of hydrogen-bond donors (Lipinski definition) is 0. The zero-order chi connectivity index (χ0) is 17.0. The third kappa shape index (κ3) is 2.36. The van der Waals surface area contributed by atoms with Crippen molar-refractivity contribution in [2.45, 2.75) is 25.7 Å². The zero-order valence-corrected chi connectivity index (χ0v) is 14.2. The lowest BCUT2D eigenvalue weighted by Gasteiger charge is -2.20. The molecule has 5 rings (SSSR count). The molecular formula is C23H20O2. The fourth-order valence-corrected chi connectivity index (χ4v) is 4.69. The first-order valence-corrected chi connectivity index (χ1v) is 9.01. The normalized spacial score (nSPS) is 24.3. The Kier molecular flexibility index (Phi) is 3.21. The van der Waals surface area contributed by atoms with Crippen molar-refractivity contribution < 1.29 is 9.53 Å². The second kappa shape index (κ2) is 5.45. The summed E-state index contributed by atoms with van der Waals surface area (Å²) < 4.78 is 5.67. The summed E-state index contributed by atoms with van der Waals surface area (Å²) in [5.41, 5.74) is 1.37. The van der Waals surface area contributed by atoms with Gasteiger partial charge in [-0.1, -0.05) is 48.6 Å². The van der Waals surface area contributed by atoms with E-state index in [1.807, 2.05) is 18.2 Å². The van der Waals surface area contributed by atoms with Crippen LogP contribution in [-0.4, -0.2) is 5.97 Å². The molecule has 0 aliphatic heterocycles. The predicted molar refractivity (Wildman–Crippen MR) is 101 cm³/mol. The van der Waals surface area contributed by atoms with Crippen LogP contribution in [0.25, 0.3) is 21.5 Å². The van der Waals surface area contributed by atoms with Gasteiger partial charge < -0.3 is 4.74 Å². The van der Waals surface area contributed by atoms with Crippen LogP contribution in [0, 0.1) is 11.8 Å². The Balaban J connectivity index is 1.72. The number of rotatable bonds is 2. The largest absolute Gasteiger partial charge is 0.425 e. The van der Waals surface area contributed by atoms with Crippen molar-refractivity contribution >= 4 is 27.5 Å². The van der Waals surface area contributed by atoms with Crippen LogP contribution in [-0.2, 0) is 4.79 Å². The number of fused-ring (bicyclic) bond motifs is 4. The highest BCUT2D eigenvalue weighted by atomic mass is 16.5. The lowest BCUT2D eigenvalue weighted by molar-refractivity contribution is -0.131. The van der Waals surface area contributed by atoms with Gasteiger partial charge in [-0.2, -0.15) is 0 Å². The minimum Gasteiger partial charge on any atom is -0.425 e. The molecule has 2 heteroatoms. The monoisotopic (exact) mass is 328 g/mol. The quantitative estimate of drug-likeness (QED) is 0.265. The standard InChI is InChI=1S/C23H20O2/c1-14(24)25-23-20-5-3-2-4-16(20)12-18-8-9-19(13-22(18)23)21-11-15-6-7-17(21)10-15/h2-9,12-13,15,17,21H,10-11H2,1H3. The molecule has 0 aromatic heterocycles. The fourth-order valence-electron chi connectivity index (χ4n) is 4.69. The van der Waals surface area contributed by atoms with E-state index in [0.29, 0.717) is 17.6 Å². The van der Waals surface area contributed by atoms with E-state index in [1.165, 1.54) is 25.3 Å². The highest BCUT2D eigenvalue weighted by Gasteiger charge is 2.36. The van der Waals surface area contributed by atoms with Crippen molar-refractivity contribution in [1.29, 1.82) is 0 Å². The van der Waals surface area contributed by atoms with E-state index in [1.54, 1.807) is 0 Å². The number of esters is 1. The SMILES string of the molecule is CC(=O)Oc1c2ccccc2cc2ccc(C3CC4C=CC3C4)cc12. The van der Waals surface area contributed by atoms with Crippen molar-refractivity contribution in [2.24, 2.45) is 11.8 Å². The van der Waals surface area contributed by atoms with E-state index < -0.39 is 0 Å². The predicted octanol–water partition coefficient (Wildman–Crippen LogP) is 5.60. The Morgan fingerprint density at radius 3 is 2.56 bits per heavy atom. The summed E-state index contributed by atoms with van der Waals surface area (Å²) in [5.74, 6) is 2.43. The van der Waals surface area contributed by atoms with E-state index in [-0.39, 0.29) is 5.97 Å². The zero-order valence-electron chi connectivity index (χ0n) is 14.2. The van der Waals surface area contributed by atoms with Gasteiger partial charge in [0.2, 0.25) is 0 Å². The van der Waals surface area contributed by atoms with Gasteiger partial charge >= 0.3 is 5.97 Å². The summed E-state index contributed by atoms with van der Waals surface area (Å²) in [6.45, 7) is 1.47. The maximum atomic E-state index is 11.7. The molecule has 0 N–H and O–H groups in total. The fraction of sp³-hybridized carbons (Fsp3) is 0.261. The van der Waals surface area contributed by atoms with Gasteiger partial charge in [0.25, 0.3) is 0 Å². The Bertz CT molecular complexity index is 1030. The second-order valence-corrected chi connectivity index (χ2v) is 7.39. The average molecular weight is 328 g/mol. The van der Waals surface area contributed by atoms with Crippen LogP contribution in [0.1, 0.15) is 31.2 Å². The number of ether oxygens (including phenoxy) is 1. The van der Waals surface area contributed by atoms with Crippen molar-refractivity contribution in [1.82, 2.24) is 0 Å². The topological polar surface area (TPSA) is 26.3 Å². The van der Waals surface area contributed by atoms with Gasteiger partial charge in [-0.25, -0.2) is 0 Å². The number of carbonyl (C=O) groups is 1. The molecule has 0 saturated heterocycles. The molecule has 25 heavy (non-hydrogen) atoms. The van der Waals surface area contributed by atoms with E-state index >= 15 is 0 Å². The van der Waals surface area contributed by atoms with Gasteiger partial charge in [0, 0.05) is 17.7 Å². The Morgan fingerprint density at radius 1 is 0.960 bits per heavy atom. The summed E-state index contributed by atoms with van der Waals surface area (Å²) in [7, 11) is 0. The molecule has 3 aromatic rings. The molecule has 3 aromatic carbocycles. The molecule has 124 valence electrons. The third-order valence-electron chi connectivity index (χ3n) is 5.79. The summed E-state index contributed by atoms with van der Waals surface area (Å²) in [5, 5.41) is 4.26. The van der Waals surface area contributed by atoms with Crippen LogP contribution in [0.3, 0.4) is 0 Å². The van der Waals surface area contributed by atoms with E-state index in [2.05, 4.69) is 42.5 Å². The van der Waals surface area contributed by atoms with Crippen LogP contribution in [0.5, 0.6) is 5.75 Å². The van der Waals surface area contributed by atoms with Crippen LogP contribution < -0.4 is 4.74 Å². The maximum Gasteiger partial charge on any atom is 0.308 e. The van der Waals surface area contributed by atoms with Crippen LogP contribution in [0.15, 0.2) is 60.7 Å². The number of allylic oxidation sites excluding steroid dienone is 2. The molecule has 2 bridgehead atoms. The Labute approximate surface area is 147 Å². The molecular weight excluding hydrogens is 308 g/mol. The molecule has 2 aliphatic carbocycles. The first-order chi connectivity index (χ1) is 12.2. The van der Waals surface area contributed by atoms with Crippen LogP contribution in [0.4, 0.5) is 0 Å². The van der Waals surface area contributed by atoms with Crippen molar-refractivity contribution in [2.75, 3.05) is 0 Å². The van der Waals surface area contributed by atoms with Gasteiger partial charge in [-0.15, -0.1) is 0 Å². The molecule has 0 spiro atoms. The van der Waals surface area contributed by atoms with E-state index in [0.717, 1.165) is 27.5 Å². The minimum absolute atomic E-state index is 0.272. The van der Waals surface area contributed by atoms with Crippen molar-refractivity contribution in [3.63, 3.8) is 0 Å². The molecule has 2 nitrogen and oxygen atoms in total. The van der Waals surface area contributed by atoms with E-state index in [9.17, 15) is 4.79 Å². The maximum absolute atomic E-state index is 11.7. The average Bonchev–Trinajstić information content (AvgIpc) is 3.24. The molecule has 1 saturated carbocycles. The molecule has 0 radical (unpaired) electrons. The van der Waals surface area contributed by atoms with Crippen molar-refractivity contribution in [3.8, 4) is 5.75 Å². The molecule has 3 atom stereocenters. The lowest BCUT2D eigenvalue weighted by atomic mass is 9.85. The second-order valence-electron chi connectivity index (χ2n) is 7.39.